The van der Waals surface area contributed by atoms with Gasteiger partial charge in [0.15, 0.2) is 0 Å². The number of carbonyl (C=O) groups excluding carboxylic acids is 2. The summed E-state index contributed by atoms with van der Waals surface area (Å²) in [5, 5.41) is 2.39. The fourth-order valence-corrected chi connectivity index (χ4v) is 9.91. The van der Waals surface area contributed by atoms with Crippen molar-refractivity contribution in [1.29, 1.82) is 0 Å². The lowest BCUT2D eigenvalue weighted by atomic mass is 9.72. The Morgan fingerprint density at radius 3 is 2.71 bits per heavy atom. The standard InChI is InChI=1S/C42H44N4O5/c1-5-24-19-45-15-14-27-26-10-6-8-12-34(26)43-39(27)36(45)17-29(24)31(41(47)49-3)16-25-20-46-21-32-23(2)51-22-33(42(48)50-4)30(32)18-37(46)40-38(25)28-11-7-9-13-35(28)44-40/h5-13,20,22-23,29-32,36,43H,14-19,21H2,1-4H3/t23-,29-,30-,31-,32+,36-/m0/s1. The van der Waals surface area contributed by atoms with Crippen LogP contribution in [0.5, 0.6) is 0 Å². The molecule has 6 aliphatic rings. The van der Waals surface area contributed by atoms with Crippen LogP contribution in [-0.2, 0) is 49.6 Å². The van der Waals surface area contributed by atoms with Crippen LogP contribution in [0.3, 0.4) is 0 Å². The number of nitrogens with one attached hydrogen (secondary N) is 1. The van der Waals surface area contributed by atoms with Gasteiger partial charge in [0, 0.05) is 70.9 Å². The molecule has 1 fully saturated rings. The average molecular weight is 685 g/mol. The van der Waals surface area contributed by atoms with E-state index in [9.17, 15) is 9.59 Å². The third-order valence-corrected chi connectivity index (χ3v) is 12.5. The van der Waals surface area contributed by atoms with Gasteiger partial charge in [0.2, 0.25) is 0 Å². The molecule has 0 saturated carbocycles. The van der Waals surface area contributed by atoms with E-state index in [1.165, 1.54) is 42.0 Å². The van der Waals surface area contributed by atoms with Gasteiger partial charge in [-0.1, -0.05) is 48.0 Å². The minimum atomic E-state index is -0.379. The lowest BCUT2D eigenvalue weighted by Crippen LogP contribution is -2.45. The van der Waals surface area contributed by atoms with Crippen molar-refractivity contribution in [1.82, 2.24) is 19.4 Å². The molecule has 1 N–H and O–H groups in total. The molecular formula is C42H44N4O5. The van der Waals surface area contributed by atoms with Gasteiger partial charge in [-0.15, -0.1) is 0 Å². The number of carbonyl (C=O) groups is 2. The third kappa shape index (κ3) is 5.03. The molecule has 262 valence electrons. The first-order chi connectivity index (χ1) is 24.9. The summed E-state index contributed by atoms with van der Waals surface area (Å²) in [7, 11) is 2.94. The van der Waals surface area contributed by atoms with Gasteiger partial charge in [0.05, 0.1) is 49.2 Å². The summed E-state index contributed by atoms with van der Waals surface area (Å²) in [6, 6.07) is 17.1. The van der Waals surface area contributed by atoms with Crippen molar-refractivity contribution in [3.05, 3.63) is 101 Å². The number of nitrogens with zero attached hydrogens (tertiary/aromatic N) is 3. The number of ether oxygens (including phenoxy) is 3. The van der Waals surface area contributed by atoms with Gasteiger partial charge in [-0.25, -0.2) is 9.78 Å². The van der Waals surface area contributed by atoms with Gasteiger partial charge < -0.3 is 23.8 Å². The van der Waals surface area contributed by atoms with E-state index in [-0.39, 0.29) is 47.8 Å². The van der Waals surface area contributed by atoms with Gasteiger partial charge in [-0.2, -0.15) is 0 Å². The van der Waals surface area contributed by atoms with E-state index < -0.39 is 0 Å². The van der Waals surface area contributed by atoms with Crippen molar-refractivity contribution in [2.45, 2.75) is 58.2 Å². The fourth-order valence-electron chi connectivity index (χ4n) is 9.91. The highest BCUT2D eigenvalue weighted by atomic mass is 16.5. The van der Waals surface area contributed by atoms with Gasteiger partial charge in [-0.05, 0) is 68.7 Å². The Morgan fingerprint density at radius 1 is 1.10 bits per heavy atom. The second-order valence-electron chi connectivity index (χ2n) is 14.8. The number of hydrogen-bond acceptors (Lipinski definition) is 7. The molecule has 51 heavy (non-hydrogen) atoms. The zero-order chi connectivity index (χ0) is 35.0. The van der Waals surface area contributed by atoms with E-state index in [1.807, 2.05) is 6.07 Å². The zero-order valence-electron chi connectivity index (χ0n) is 29.6. The maximum absolute atomic E-state index is 14.0. The summed E-state index contributed by atoms with van der Waals surface area (Å²) in [5.74, 6) is -0.842. The Bertz CT molecular complexity index is 2230. The van der Waals surface area contributed by atoms with Gasteiger partial charge in [-0.3, -0.25) is 9.69 Å². The Labute approximate surface area is 297 Å². The third-order valence-electron chi connectivity index (χ3n) is 12.5. The number of piperidine rings is 1. The number of hydrogen-bond donors (Lipinski definition) is 1. The minimum Gasteiger partial charge on any atom is -0.497 e. The van der Waals surface area contributed by atoms with Crippen molar-refractivity contribution < 1.29 is 23.8 Å². The van der Waals surface area contributed by atoms with Crippen molar-refractivity contribution in [2.24, 2.45) is 23.7 Å². The van der Waals surface area contributed by atoms with Gasteiger partial charge in [0.25, 0.3) is 0 Å². The van der Waals surface area contributed by atoms with Crippen LogP contribution in [-0.4, -0.2) is 64.8 Å². The molecular weight excluding hydrogens is 640 g/mol. The molecule has 1 aromatic heterocycles. The first-order valence-electron chi connectivity index (χ1n) is 18.3. The molecule has 7 heterocycles. The van der Waals surface area contributed by atoms with Crippen LogP contribution >= 0.6 is 0 Å². The molecule has 9 heteroatoms. The molecule has 6 atom stereocenters. The Balaban J connectivity index is 1.14. The number of aromatic amines is 1. The van der Waals surface area contributed by atoms with Crippen LogP contribution in [0.4, 0.5) is 0 Å². The maximum atomic E-state index is 14.0. The fraction of sp³-hybridized carbons (Fsp3) is 0.405. The van der Waals surface area contributed by atoms with Crippen LogP contribution in [0.25, 0.3) is 33.1 Å². The number of rotatable bonds is 5. The Kier molecular flexibility index (Phi) is 7.80. The highest BCUT2D eigenvalue weighted by molar-refractivity contribution is 6.00. The van der Waals surface area contributed by atoms with Crippen LogP contribution in [0.1, 0.15) is 48.8 Å². The summed E-state index contributed by atoms with van der Waals surface area (Å²) in [5.41, 5.74) is 10.9. The summed E-state index contributed by atoms with van der Waals surface area (Å²) < 4.78 is 19.1. The van der Waals surface area contributed by atoms with Crippen molar-refractivity contribution in [3.8, 4) is 11.3 Å². The topological polar surface area (TPSA) is 98.7 Å². The van der Waals surface area contributed by atoms with Crippen LogP contribution in [0.15, 0.2) is 78.2 Å². The summed E-state index contributed by atoms with van der Waals surface area (Å²) >= 11 is 0. The maximum Gasteiger partial charge on any atom is 0.337 e. The molecule has 0 radical (unpaired) electrons. The minimum absolute atomic E-state index is 0.00947. The largest absolute Gasteiger partial charge is 0.497 e. The summed E-state index contributed by atoms with van der Waals surface area (Å²) in [6.07, 6.45) is 9.04. The predicted molar refractivity (Wildman–Crippen MR) is 195 cm³/mol. The smallest absolute Gasteiger partial charge is 0.337 e. The summed E-state index contributed by atoms with van der Waals surface area (Å²) in [4.78, 5) is 38.5. The van der Waals surface area contributed by atoms with Crippen molar-refractivity contribution >= 4 is 33.7 Å². The molecule has 0 aliphatic carbocycles. The van der Waals surface area contributed by atoms with E-state index in [0.717, 1.165) is 59.3 Å². The quantitative estimate of drug-likeness (QED) is 0.161. The molecule has 0 amide bonds. The lowest BCUT2D eigenvalue weighted by molar-refractivity contribution is -0.147. The Morgan fingerprint density at radius 2 is 1.90 bits per heavy atom. The predicted octanol–water partition coefficient (Wildman–Crippen LogP) is 6.78. The molecule has 6 aliphatic heterocycles. The van der Waals surface area contributed by atoms with Gasteiger partial charge >= 0.3 is 11.9 Å². The second-order valence-corrected chi connectivity index (χ2v) is 14.8. The van der Waals surface area contributed by atoms with E-state index in [1.54, 1.807) is 6.26 Å². The molecule has 0 bridgehead atoms. The highest BCUT2D eigenvalue weighted by Crippen LogP contribution is 2.48. The van der Waals surface area contributed by atoms with Crippen LogP contribution in [0, 0.1) is 23.7 Å². The lowest BCUT2D eigenvalue weighted by Gasteiger charge is -2.45. The second kappa shape index (κ2) is 12.4. The first-order valence-corrected chi connectivity index (χ1v) is 18.3. The van der Waals surface area contributed by atoms with E-state index in [4.69, 9.17) is 19.2 Å². The number of allylic oxidation sites excluding steroid dienone is 1. The molecule has 0 spiro atoms. The van der Waals surface area contributed by atoms with Crippen molar-refractivity contribution in [2.75, 3.05) is 27.3 Å². The number of esters is 2. The zero-order valence-corrected chi connectivity index (χ0v) is 29.6. The van der Waals surface area contributed by atoms with Crippen LogP contribution < -0.4 is 0 Å². The number of H-pyrrole nitrogens is 1. The SMILES string of the molecule is CC=C1CN2CCc3c([nH]c4ccccc34)[C@@H]2C[C@@H]1[C@H](Cc1cn2c(c3nc4ccccc4c1-3)C[C@@H]1C(C(=O)OC)=CO[C@@H](C)[C@H]1C2)C(=O)OC. The number of pyridine rings is 1. The van der Waals surface area contributed by atoms with Crippen molar-refractivity contribution in [3.63, 3.8) is 0 Å². The normalized spacial score (nSPS) is 25.8. The molecule has 0 unspecified atom stereocenters. The number of aromatic nitrogens is 3. The highest BCUT2D eigenvalue weighted by Gasteiger charge is 2.45. The molecule has 9 nitrogen and oxygen atoms in total. The molecule has 1 saturated heterocycles. The molecule has 9 rings (SSSR count). The molecule has 3 aromatic rings. The van der Waals surface area contributed by atoms with Crippen LogP contribution in [0.2, 0.25) is 0 Å². The number of methoxy groups -OCH3 is 2. The monoisotopic (exact) mass is 684 g/mol. The number of fused-ring (bicyclic) bond motifs is 11. The van der Waals surface area contributed by atoms with E-state index in [0.29, 0.717) is 25.0 Å². The summed E-state index contributed by atoms with van der Waals surface area (Å²) in [6.45, 7) is 6.69. The first kappa shape index (κ1) is 32.0. The van der Waals surface area contributed by atoms with Gasteiger partial charge in [0.1, 0.15) is 6.10 Å². The van der Waals surface area contributed by atoms with E-state index in [2.05, 4.69) is 83.0 Å². The average Bonchev–Trinajstić information content (AvgIpc) is 3.75. The Hall–Kier alpha value is -4.89. The molecule has 2 aromatic carbocycles. The van der Waals surface area contributed by atoms with E-state index >= 15 is 0 Å². The number of para-hydroxylation sites is 2. The number of benzene rings is 2.